The Morgan fingerprint density at radius 2 is 1.24 bits per heavy atom. The van der Waals surface area contributed by atoms with E-state index >= 15 is 0 Å². The van der Waals surface area contributed by atoms with Crippen molar-refractivity contribution in [3.05, 3.63) is 0 Å². The molecular weight excluding hydrogens is 288 g/mol. The van der Waals surface area contributed by atoms with Gasteiger partial charge in [-0.2, -0.15) is 0 Å². The second kappa shape index (κ2) is 5.58. The Balaban J connectivity index is 0. The Morgan fingerprint density at radius 1 is 0.941 bits per heavy atom. The van der Waals surface area contributed by atoms with Crippen LogP contribution in [0.4, 0.5) is 25.2 Å². The summed E-state index contributed by atoms with van der Waals surface area (Å²) in [6, 6.07) is 0. The van der Waals surface area contributed by atoms with Gasteiger partial charge in [-0.25, -0.2) is 0 Å². The first-order valence-electron chi connectivity index (χ1n) is 5.19. The Morgan fingerprint density at radius 3 is 1.41 bits per heavy atom. The van der Waals surface area contributed by atoms with Crippen molar-refractivity contribution in [3.63, 3.8) is 0 Å². The van der Waals surface area contributed by atoms with Gasteiger partial charge in [-0.05, 0) is 6.42 Å². The standard InChI is InChI=1S/C8H19OP.F6P/c1-4-7-9-8(10,5-2)6-3;1-7(2,3,4,5)6/h4-7,10H2,1-3H3;/q;-1/p+1. The van der Waals surface area contributed by atoms with Gasteiger partial charge in [0, 0.05) is 22.1 Å². The summed E-state index contributed by atoms with van der Waals surface area (Å²) in [6.07, 6.45) is 3.38. The molecule has 0 fully saturated rings. The molecule has 0 radical (unpaired) electrons. The van der Waals surface area contributed by atoms with Crippen molar-refractivity contribution in [3.8, 4) is 0 Å². The maximum atomic E-state index is 9.87. The van der Waals surface area contributed by atoms with Crippen LogP contribution in [0.3, 0.4) is 0 Å². The van der Waals surface area contributed by atoms with Gasteiger partial charge < -0.3 is 4.74 Å². The summed E-state index contributed by atoms with van der Waals surface area (Å²) in [5.74, 6) is 0. The molecule has 0 bridgehead atoms. The Bertz CT molecular complexity index is 208. The minimum absolute atomic E-state index is 0.163. The van der Waals surface area contributed by atoms with Gasteiger partial charge >= 0.3 is 33.0 Å². The third-order valence-corrected chi connectivity index (χ3v) is 3.11. The number of ether oxygens (including phenoxy) is 1. The number of halogens is 6. The van der Waals surface area contributed by atoms with Crippen molar-refractivity contribution in [2.45, 2.75) is 45.4 Å². The van der Waals surface area contributed by atoms with Gasteiger partial charge in [0.1, 0.15) is 0 Å². The average Bonchev–Trinajstić information content (AvgIpc) is 2.09. The molecule has 0 aromatic carbocycles. The first-order chi connectivity index (χ1) is 7.13. The molecule has 0 aromatic heterocycles. The van der Waals surface area contributed by atoms with Crippen LogP contribution in [0.1, 0.15) is 40.0 Å². The molecule has 0 aromatic rings. The summed E-state index contributed by atoms with van der Waals surface area (Å²) in [4.78, 5) is 0. The van der Waals surface area contributed by atoms with Gasteiger partial charge in [0.15, 0.2) is 5.34 Å². The molecule has 0 heterocycles. The van der Waals surface area contributed by atoms with Crippen LogP contribution in [0.25, 0.3) is 0 Å². The summed E-state index contributed by atoms with van der Waals surface area (Å²) in [6.45, 7) is 7.43. The number of hydrogen-bond donors (Lipinski definition) is 0. The molecule has 0 rings (SSSR count). The Hall–Kier alpha value is 0.400. The number of rotatable bonds is 5. The zero-order valence-corrected chi connectivity index (χ0v) is 12.5. The molecule has 110 valence electrons. The van der Waals surface area contributed by atoms with Crippen LogP contribution in [0.15, 0.2) is 0 Å². The second-order valence-electron chi connectivity index (χ2n) is 3.70. The summed E-state index contributed by atoms with van der Waals surface area (Å²) < 4.78 is 64.9. The average molecular weight is 308 g/mol. The summed E-state index contributed by atoms with van der Waals surface area (Å²) >= 11 is 0. The van der Waals surface area contributed by atoms with Crippen molar-refractivity contribution in [1.82, 2.24) is 0 Å². The van der Waals surface area contributed by atoms with E-state index in [9.17, 15) is 25.2 Å². The summed E-state index contributed by atoms with van der Waals surface area (Å²) in [5, 5.41) is 0.163. The number of hydrogen-bond acceptors (Lipinski definition) is 1. The van der Waals surface area contributed by atoms with E-state index < -0.39 is 7.81 Å². The van der Waals surface area contributed by atoms with Crippen LogP contribution in [-0.4, -0.2) is 11.9 Å². The quantitative estimate of drug-likeness (QED) is 0.452. The van der Waals surface area contributed by atoms with Crippen LogP contribution < -0.4 is 0 Å². The topological polar surface area (TPSA) is 9.23 Å². The van der Waals surface area contributed by atoms with Crippen LogP contribution in [0.5, 0.6) is 0 Å². The molecule has 1 nitrogen and oxygen atoms in total. The molecule has 0 aliphatic heterocycles. The fourth-order valence-corrected chi connectivity index (χ4v) is 0.917. The van der Waals surface area contributed by atoms with Crippen LogP contribution in [-0.2, 0) is 4.74 Å². The van der Waals surface area contributed by atoms with Gasteiger partial charge in [0.2, 0.25) is 0 Å². The van der Waals surface area contributed by atoms with Crippen molar-refractivity contribution in [2.75, 3.05) is 6.61 Å². The minimum atomic E-state index is -10.7. The van der Waals surface area contributed by atoms with Gasteiger partial charge in [-0.1, -0.05) is 20.8 Å². The molecule has 1 atom stereocenters. The normalized spacial score (nSPS) is 16.8. The molecule has 1 unspecified atom stereocenters. The SMILES string of the molecule is CCCOC([PH3+])(CC)CC.F[P-](F)(F)(F)(F)F. The van der Waals surface area contributed by atoms with E-state index in [2.05, 4.69) is 20.8 Å². The monoisotopic (exact) mass is 308 g/mol. The Labute approximate surface area is 99.7 Å². The van der Waals surface area contributed by atoms with E-state index in [-0.39, 0.29) is 5.34 Å². The molecule has 0 saturated carbocycles. The van der Waals surface area contributed by atoms with Crippen LogP contribution in [0.2, 0.25) is 0 Å². The van der Waals surface area contributed by atoms with Gasteiger partial charge in [-0.3, -0.25) is 0 Å². The second-order valence-corrected chi connectivity index (χ2v) is 6.90. The molecule has 0 amide bonds. The maximum absolute atomic E-state index is 10.7. The zero-order valence-electron chi connectivity index (χ0n) is 10.2. The summed E-state index contributed by atoms with van der Waals surface area (Å²) in [5.41, 5.74) is 0. The van der Waals surface area contributed by atoms with Gasteiger partial charge in [-0.15, -0.1) is 0 Å². The van der Waals surface area contributed by atoms with E-state index in [0.717, 1.165) is 25.9 Å². The van der Waals surface area contributed by atoms with E-state index in [1.54, 1.807) is 0 Å². The molecule has 9 heteroatoms. The molecule has 0 aliphatic carbocycles. The zero-order chi connectivity index (χ0) is 14.4. The van der Waals surface area contributed by atoms with Gasteiger partial charge in [0.05, 0.1) is 6.61 Å². The molecular formula is C8H20F6OP2. The van der Waals surface area contributed by atoms with E-state index in [4.69, 9.17) is 4.74 Å². The molecule has 0 saturated heterocycles. The predicted octanol–water partition coefficient (Wildman–Crippen LogP) is 5.92. The van der Waals surface area contributed by atoms with Crippen molar-refractivity contribution in [1.29, 1.82) is 0 Å². The van der Waals surface area contributed by atoms with Crippen LogP contribution in [0, 0.1) is 0 Å². The molecule has 0 spiro atoms. The predicted molar refractivity (Wildman–Crippen MR) is 64.2 cm³/mol. The third-order valence-electron chi connectivity index (χ3n) is 1.90. The van der Waals surface area contributed by atoms with E-state index in [1.165, 1.54) is 0 Å². The van der Waals surface area contributed by atoms with Crippen molar-refractivity contribution < 1.29 is 29.9 Å². The summed E-state index contributed by atoms with van der Waals surface area (Å²) in [7, 11) is -8.68. The molecule has 0 N–H and O–H groups in total. The van der Waals surface area contributed by atoms with E-state index in [1.807, 2.05) is 9.24 Å². The molecule has 17 heavy (non-hydrogen) atoms. The third kappa shape index (κ3) is 26.2. The fraction of sp³-hybridized carbons (Fsp3) is 1.00. The van der Waals surface area contributed by atoms with Crippen molar-refractivity contribution in [2.24, 2.45) is 0 Å². The van der Waals surface area contributed by atoms with Crippen LogP contribution >= 0.6 is 17.0 Å². The van der Waals surface area contributed by atoms with Gasteiger partial charge in [0.25, 0.3) is 0 Å². The van der Waals surface area contributed by atoms with E-state index in [0.29, 0.717) is 0 Å². The Kier molecular flexibility index (Phi) is 6.48. The van der Waals surface area contributed by atoms with Crippen molar-refractivity contribution >= 4 is 17.0 Å². The first-order valence-corrected chi connectivity index (χ1v) is 7.92. The fourth-order valence-electron chi connectivity index (χ4n) is 0.773. The molecule has 0 aliphatic rings. The first kappa shape index (κ1) is 19.7.